The fourth-order valence-electron chi connectivity index (χ4n) is 2.71. The molecule has 0 aliphatic heterocycles. The SMILES string of the molecule is CCSCC(Cc1ccn(C2CCCCC2)n1)NN. The molecule has 1 heterocycles. The zero-order valence-corrected chi connectivity index (χ0v) is 12.7. The van der Waals surface area contributed by atoms with Gasteiger partial charge in [-0.25, -0.2) is 0 Å². The van der Waals surface area contributed by atoms with E-state index < -0.39 is 0 Å². The first kappa shape index (κ1) is 14.9. The Morgan fingerprint density at radius 1 is 1.47 bits per heavy atom. The lowest BCUT2D eigenvalue weighted by molar-refractivity contribution is 0.327. The Hall–Kier alpha value is -0.520. The van der Waals surface area contributed by atoms with Gasteiger partial charge in [-0.15, -0.1) is 0 Å². The van der Waals surface area contributed by atoms with Crippen LogP contribution in [0.4, 0.5) is 0 Å². The second kappa shape index (κ2) is 7.92. The van der Waals surface area contributed by atoms with Crippen molar-refractivity contribution in [2.45, 2.75) is 57.5 Å². The Kier molecular flexibility index (Phi) is 6.20. The van der Waals surface area contributed by atoms with Gasteiger partial charge in [0.2, 0.25) is 0 Å². The number of hydrogen-bond donors (Lipinski definition) is 2. The highest BCUT2D eigenvalue weighted by atomic mass is 32.2. The molecule has 1 aliphatic rings. The molecular weight excluding hydrogens is 256 g/mol. The minimum atomic E-state index is 0.319. The molecule has 5 heteroatoms. The molecule has 0 aromatic carbocycles. The van der Waals surface area contributed by atoms with E-state index in [1.165, 1.54) is 32.1 Å². The van der Waals surface area contributed by atoms with Crippen LogP contribution >= 0.6 is 11.8 Å². The second-order valence-electron chi connectivity index (χ2n) is 5.31. The molecule has 3 N–H and O–H groups in total. The van der Waals surface area contributed by atoms with Gasteiger partial charge in [0, 0.05) is 24.4 Å². The summed E-state index contributed by atoms with van der Waals surface area (Å²) in [5, 5.41) is 4.74. The third-order valence-electron chi connectivity index (χ3n) is 3.83. The summed E-state index contributed by atoms with van der Waals surface area (Å²) in [5.41, 5.74) is 4.06. The summed E-state index contributed by atoms with van der Waals surface area (Å²) in [6.45, 7) is 2.18. The Labute approximate surface area is 120 Å². The van der Waals surface area contributed by atoms with Crippen LogP contribution < -0.4 is 11.3 Å². The Morgan fingerprint density at radius 2 is 2.26 bits per heavy atom. The van der Waals surface area contributed by atoms with Crippen molar-refractivity contribution in [2.24, 2.45) is 5.84 Å². The maximum atomic E-state index is 5.61. The van der Waals surface area contributed by atoms with E-state index >= 15 is 0 Å². The number of hydrogen-bond acceptors (Lipinski definition) is 4. The van der Waals surface area contributed by atoms with Gasteiger partial charge in [-0.05, 0) is 24.7 Å². The van der Waals surface area contributed by atoms with Gasteiger partial charge in [-0.2, -0.15) is 16.9 Å². The molecule has 2 rings (SSSR count). The predicted molar refractivity (Wildman–Crippen MR) is 82.2 cm³/mol. The number of nitrogens with two attached hydrogens (primary N) is 1. The molecule has 1 aromatic rings. The van der Waals surface area contributed by atoms with Crippen LogP contribution in [0.15, 0.2) is 12.3 Å². The first-order valence-electron chi connectivity index (χ1n) is 7.41. The van der Waals surface area contributed by atoms with Crippen LogP contribution in [0.3, 0.4) is 0 Å². The van der Waals surface area contributed by atoms with Crippen LogP contribution in [0.5, 0.6) is 0 Å². The summed E-state index contributed by atoms with van der Waals surface area (Å²) in [7, 11) is 0. The predicted octanol–water partition coefficient (Wildman–Crippen LogP) is 2.52. The van der Waals surface area contributed by atoms with Gasteiger partial charge >= 0.3 is 0 Å². The highest BCUT2D eigenvalue weighted by molar-refractivity contribution is 7.99. The van der Waals surface area contributed by atoms with Crippen molar-refractivity contribution in [3.63, 3.8) is 0 Å². The number of thioether (sulfide) groups is 1. The van der Waals surface area contributed by atoms with Crippen molar-refractivity contribution in [2.75, 3.05) is 11.5 Å². The van der Waals surface area contributed by atoms with E-state index in [9.17, 15) is 0 Å². The first-order valence-corrected chi connectivity index (χ1v) is 8.57. The average Bonchev–Trinajstić information content (AvgIpc) is 2.93. The van der Waals surface area contributed by atoms with E-state index in [0.29, 0.717) is 12.1 Å². The third-order valence-corrected chi connectivity index (χ3v) is 4.87. The molecule has 1 aromatic heterocycles. The molecule has 0 spiro atoms. The van der Waals surface area contributed by atoms with Gasteiger partial charge in [-0.1, -0.05) is 26.2 Å². The maximum Gasteiger partial charge on any atom is 0.0641 e. The average molecular weight is 282 g/mol. The van der Waals surface area contributed by atoms with E-state index in [4.69, 9.17) is 10.9 Å². The first-order chi connectivity index (χ1) is 9.33. The summed E-state index contributed by atoms with van der Waals surface area (Å²) in [4.78, 5) is 0. The third kappa shape index (κ3) is 4.51. The topological polar surface area (TPSA) is 55.9 Å². The normalized spacial score (nSPS) is 18.6. The van der Waals surface area contributed by atoms with Crippen LogP contribution in [0, 0.1) is 0 Å². The van der Waals surface area contributed by atoms with Crippen molar-refractivity contribution in [1.82, 2.24) is 15.2 Å². The molecule has 1 saturated carbocycles. The Morgan fingerprint density at radius 3 is 2.95 bits per heavy atom. The summed E-state index contributed by atoms with van der Waals surface area (Å²) in [6.07, 6.45) is 9.71. The zero-order valence-electron chi connectivity index (χ0n) is 11.8. The van der Waals surface area contributed by atoms with E-state index in [1.54, 1.807) is 0 Å². The van der Waals surface area contributed by atoms with Gasteiger partial charge in [0.15, 0.2) is 0 Å². The van der Waals surface area contributed by atoms with Crippen LogP contribution in [-0.2, 0) is 6.42 Å². The number of hydrazine groups is 1. The molecule has 0 saturated heterocycles. The largest absolute Gasteiger partial charge is 0.271 e. The van der Waals surface area contributed by atoms with E-state index in [0.717, 1.165) is 23.6 Å². The smallest absolute Gasteiger partial charge is 0.0641 e. The van der Waals surface area contributed by atoms with Crippen molar-refractivity contribution in [3.8, 4) is 0 Å². The second-order valence-corrected chi connectivity index (χ2v) is 6.63. The standard InChI is InChI=1S/C14H26N4S/c1-2-19-11-13(16-15)10-12-8-9-18(17-12)14-6-4-3-5-7-14/h8-9,13-14,16H,2-7,10-11,15H2,1H3. The molecule has 4 nitrogen and oxygen atoms in total. The van der Waals surface area contributed by atoms with Crippen LogP contribution in [0.2, 0.25) is 0 Å². The zero-order chi connectivity index (χ0) is 13.5. The number of rotatable bonds is 7. The molecule has 1 fully saturated rings. The summed E-state index contributed by atoms with van der Waals surface area (Å²) in [6, 6.07) is 3.09. The highest BCUT2D eigenvalue weighted by Gasteiger charge is 2.17. The summed E-state index contributed by atoms with van der Waals surface area (Å²) < 4.78 is 2.18. The quantitative estimate of drug-likeness (QED) is 0.596. The van der Waals surface area contributed by atoms with Crippen LogP contribution in [0.1, 0.15) is 50.8 Å². The fourth-order valence-corrected chi connectivity index (χ4v) is 3.45. The molecule has 1 atom stereocenters. The van der Waals surface area contributed by atoms with Crippen molar-refractivity contribution < 1.29 is 0 Å². The monoisotopic (exact) mass is 282 g/mol. The molecule has 0 amide bonds. The van der Waals surface area contributed by atoms with E-state index in [1.807, 2.05) is 11.8 Å². The minimum absolute atomic E-state index is 0.319. The summed E-state index contributed by atoms with van der Waals surface area (Å²) >= 11 is 1.92. The van der Waals surface area contributed by atoms with E-state index in [-0.39, 0.29) is 0 Å². The lowest BCUT2D eigenvalue weighted by atomic mass is 9.96. The lowest BCUT2D eigenvalue weighted by Crippen LogP contribution is -2.38. The molecular formula is C14H26N4S. The number of nitrogens with one attached hydrogen (secondary N) is 1. The maximum absolute atomic E-state index is 5.61. The van der Waals surface area contributed by atoms with Gasteiger partial charge < -0.3 is 0 Å². The number of nitrogens with zero attached hydrogens (tertiary/aromatic N) is 2. The molecule has 1 aliphatic carbocycles. The van der Waals surface area contributed by atoms with E-state index in [2.05, 4.69) is 29.3 Å². The molecule has 108 valence electrons. The lowest BCUT2D eigenvalue weighted by Gasteiger charge is -2.22. The molecule has 0 bridgehead atoms. The van der Waals surface area contributed by atoms with Crippen molar-refractivity contribution in [3.05, 3.63) is 18.0 Å². The molecule has 0 radical (unpaired) electrons. The highest BCUT2D eigenvalue weighted by Crippen LogP contribution is 2.27. The van der Waals surface area contributed by atoms with Gasteiger partial charge in [0.25, 0.3) is 0 Å². The molecule has 1 unspecified atom stereocenters. The Bertz CT molecular complexity index is 360. The minimum Gasteiger partial charge on any atom is -0.271 e. The summed E-state index contributed by atoms with van der Waals surface area (Å²) in [5.74, 6) is 7.79. The van der Waals surface area contributed by atoms with Crippen molar-refractivity contribution >= 4 is 11.8 Å². The van der Waals surface area contributed by atoms with Crippen molar-refractivity contribution in [1.29, 1.82) is 0 Å². The molecule has 19 heavy (non-hydrogen) atoms. The van der Waals surface area contributed by atoms with Crippen LogP contribution in [-0.4, -0.2) is 27.3 Å². The van der Waals surface area contributed by atoms with Gasteiger partial charge in [0.05, 0.1) is 11.7 Å². The van der Waals surface area contributed by atoms with Gasteiger partial charge in [-0.3, -0.25) is 16.0 Å². The van der Waals surface area contributed by atoms with Gasteiger partial charge in [0.1, 0.15) is 0 Å². The number of aromatic nitrogens is 2. The fraction of sp³-hybridized carbons (Fsp3) is 0.786. The van der Waals surface area contributed by atoms with Crippen LogP contribution in [0.25, 0.3) is 0 Å². The Balaban J connectivity index is 1.88.